The summed E-state index contributed by atoms with van der Waals surface area (Å²) >= 11 is 0. The van der Waals surface area contributed by atoms with E-state index in [0.717, 1.165) is 43.0 Å². The van der Waals surface area contributed by atoms with Gasteiger partial charge in [-0.3, -0.25) is 0 Å². The van der Waals surface area contributed by atoms with E-state index in [9.17, 15) is 0 Å². The first-order valence-electron chi connectivity index (χ1n) is 8.28. The highest BCUT2D eigenvalue weighted by Gasteiger charge is 2.24. The van der Waals surface area contributed by atoms with E-state index in [1.54, 1.807) is 21.3 Å². The van der Waals surface area contributed by atoms with Gasteiger partial charge >= 0.3 is 0 Å². The molecule has 0 fully saturated rings. The molecule has 0 atom stereocenters. The molecule has 0 saturated carbocycles. The molecule has 0 aromatic heterocycles. The molecule has 0 spiro atoms. The first-order chi connectivity index (χ1) is 11.7. The molecule has 0 aliphatic carbocycles. The minimum Gasteiger partial charge on any atom is -0.493 e. The zero-order valence-corrected chi connectivity index (χ0v) is 14.9. The van der Waals surface area contributed by atoms with Gasteiger partial charge in [0, 0.05) is 12.1 Å². The summed E-state index contributed by atoms with van der Waals surface area (Å²) in [5.41, 5.74) is 4.88. The van der Waals surface area contributed by atoms with Crippen LogP contribution in [0.2, 0.25) is 0 Å². The van der Waals surface area contributed by atoms with Crippen molar-refractivity contribution in [1.29, 1.82) is 0 Å². The molecule has 4 nitrogen and oxygen atoms in total. The zero-order valence-electron chi connectivity index (χ0n) is 14.9. The maximum atomic E-state index is 5.78. The molecule has 3 rings (SSSR count). The molecule has 1 aliphatic heterocycles. The second-order valence-corrected chi connectivity index (χ2v) is 6.18. The van der Waals surface area contributed by atoms with Gasteiger partial charge in [-0.15, -0.1) is 0 Å². The first-order valence-corrected chi connectivity index (χ1v) is 8.28. The highest BCUT2D eigenvalue weighted by atomic mass is 16.5. The standard InChI is InChI=1S/C20H25NO3/c1-21-11-7-9-14-12-17(22-2)19(23-3)20(24-4)18(14)16-10-6-5-8-15(16)13-21/h5-6,8,10,12H,7,9,11,13H2,1-4H3. The molecule has 24 heavy (non-hydrogen) atoms. The fourth-order valence-electron chi connectivity index (χ4n) is 3.51. The largest absolute Gasteiger partial charge is 0.493 e. The quantitative estimate of drug-likeness (QED) is 0.859. The van der Waals surface area contributed by atoms with Crippen LogP contribution in [0.3, 0.4) is 0 Å². The van der Waals surface area contributed by atoms with E-state index in [0.29, 0.717) is 5.75 Å². The Labute approximate surface area is 144 Å². The Kier molecular flexibility index (Phi) is 4.95. The van der Waals surface area contributed by atoms with E-state index < -0.39 is 0 Å². The van der Waals surface area contributed by atoms with Gasteiger partial charge in [0.1, 0.15) is 0 Å². The topological polar surface area (TPSA) is 30.9 Å². The summed E-state index contributed by atoms with van der Waals surface area (Å²) in [5, 5.41) is 0. The normalized spacial score (nSPS) is 14.7. The van der Waals surface area contributed by atoms with Crippen LogP contribution in [0.15, 0.2) is 30.3 Å². The number of methoxy groups -OCH3 is 3. The lowest BCUT2D eigenvalue weighted by atomic mass is 9.92. The van der Waals surface area contributed by atoms with E-state index in [1.165, 1.54) is 16.7 Å². The molecule has 128 valence electrons. The Morgan fingerprint density at radius 2 is 1.67 bits per heavy atom. The van der Waals surface area contributed by atoms with E-state index in [-0.39, 0.29) is 0 Å². The summed E-state index contributed by atoms with van der Waals surface area (Å²) in [7, 11) is 7.19. The Balaban J connectivity index is 2.32. The van der Waals surface area contributed by atoms with Crippen molar-refractivity contribution in [2.24, 2.45) is 0 Å². The Bertz CT molecular complexity index is 727. The SMILES string of the molecule is COc1cc2c(c(OC)c1OC)-c1ccccc1CN(C)CCC2. The molecule has 0 radical (unpaired) electrons. The number of benzene rings is 2. The van der Waals surface area contributed by atoms with Crippen molar-refractivity contribution in [2.45, 2.75) is 19.4 Å². The highest BCUT2D eigenvalue weighted by Crippen LogP contribution is 2.48. The predicted molar refractivity (Wildman–Crippen MR) is 96.2 cm³/mol. The molecule has 0 bridgehead atoms. The van der Waals surface area contributed by atoms with Crippen LogP contribution in [0.1, 0.15) is 17.5 Å². The maximum Gasteiger partial charge on any atom is 0.203 e. The van der Waals surface area contributed by atoms with E-state index in [2.05, 4.69) is 42.3 Å². The third-order valence-electron chi connectivity index (χ3n) is 4.62. The van der Waals surface area contributed by atoms with Crippen molar-refractivity contribution in [3.8, 4) is 28.4 Å². The monoisotopic (exact) mass is 327 g/mol. The number of fused-ring (bicyclic) bond motifs is 3. The van der Waals surface area contributed by atoms with Gasteiger partial charge in [0.05, 0.1) is 21.3 Å². The lowest BCUT2D eigenvalue weighted by Gasteiger charge is -2.21. The Morgan fingerprint density at radius 1 is 0.917 bits per heavy atom. The van der Waals surface area contributed by atoms with Gasteiger partial charge in [-0.25, -0.2) is 0 Å². The fraction of sp³-hybridized carbons (Fsp3) is 0.400. The van der Waals surface area contributed by atoms with Crippen LogP contribution in [0.4, 0.5) is 0 Å². The smallest absolute Gasteiger partial charge is 0.203 e. The van der Waals surface area contributed by atoms with E-state index in [1.807, 2.05) is 0 Å². The van der Waals surface area contributed by atoms with Crippen LogP contribution in [-0.2, 0) is 13.0 Å². The minimum atomic E-state index is 0.654. The third-order valence-corrected chi connectivity index (χ3v) is 4.62. The van der Waals surface area contributed by atoms with Crippen LogP contribution in [0.25, 0.3) is 11.1 Å². The molecular weight excluding hydrogens is 302 g/mol. The van der Waals surface area contributed by atoms with Gasteiger partial charge in [0.15, 0.2) is 11.5 Å². The molecule has 0 saturated heterocycles. The van der Waals surface area contributed by atoms with Crippen molar-refractivity contribution in [1.82, 2.24) is 4.90 Å². The lowest BCUT2D eigenvalue weighted by Crippen LogP contribution is -2.19. The average Bonchev–Trinajstić information content (AvgIpc) is 2.67. The predicted octanol–water partition coefficient (Wildman–Crippen LogP) is 3.76. The first kappa shape index (κ1) is 16.7. The van der Waals surface area contributed by atoms with Crippen LogP contribution < -0.4 is 14.2 Å². The molecular formula is C20H25NO3. The zero-order chi connectivity index (χ0) is 17.1. The fourth-order valence-corrected chi connectivity index (χ4v) is 3.51. The van der Waals surface area contributed by atoms with Gasteiger partial charge in [0.2, 0.25) is 5.75 Å². The molecule has 0 N–H and O–H groups in total. The number of hydrogen-bond acceptors (Lipinski definition) is 4. The Hall–Kier alpha value is -2.20. The number of nitrogens with zero attached hydrogens (tertiary/aromatic N) is 1. The summed E-state index contributed by atoms with van der Waals surface area (Å²) < 4.78 is 16.9. The molecule has 1 heterocycles. The summed E-state index contributed by atoms with van der Waals surface area (Å²) in [6.07, 6.45) is 2.07. The Morgan fingerprint density at radius 3 is 2.38 bits per heavy atom. The highest BCUT2D eigenvalue weighted by molar-refractivity contribution is 5.81. The minimum absolute atomic E-state index is 0.654. The third kappa shape index (κ3) is 2.94. The van der Waals surface area contributed by atoms with Gasteiger partial charge < -0.3 is 19.1 Å². The molecule has 0 amide bonds. The van der Waals surface area contributed by atoms with Crippen molar-refractivity contribution in [2.75, 3.05) is 34.9 Å². The van der Waals surface area contributed by atoms with Gasteiger partial charge in [-0.05, 0) is 49.2 Å². The molecule has 4 heteroatoms. The number of aryl methyl sites for hydroxylation is 1. The second kappa shape index (κ2) is 7.14. The summed E-state index contributed by atoms with van der Waals surface area (Å²) in [4.78, 5) is 2.37. The molecule has 2 aromatic carbocycles. The van der Waals surface area contributed by atoms with Crippen molar-refractivity contribution >= 4 is 0 Å². The molecule has 2 aromatic rings. The number of ether oxygens (including phenoxy) is 3. The summed E-state index contributed by atoms with van der Waals surface area (Å²) in [6.45, 7) is 1.98. The van der Waals surface area contributed by atoms with Crippen LogP contribution in [-0.4, -0.2) is 39.8 Å². The van der Waals surface area contributed by atoms with E-state index in [4.69, 9.17) is 14.2 Å². The van der Waals surface area contributed by atoms with Gasteiger partial charge in [-0.1, -0.05) is 24.3 Å². The van der Waals surface area contributed by atoms with Gasteiger partial charge in [-0.2, -0.15) is 0 Å². The molecule has 0 unspecified atom stereocenters. The second-order valence-electron chi connectivity index (χ2n) is 6.18. The van der Waals surface area contributed by atoms with Crippen LogP contribution in [0.5, 0.6) is 17.2 Å². The lowest BCUT2D eigenvalue weighted by molar-refractivity contribution is 0.322. The molecule has 1 aliphatic rings. The summed E-state index contributed by atoms with van der Waals surface area (Å²) in [5.74, 6) is 2.13. The van der Waals surface area contributed by atoms with Crippen molar-refractivity contribution in [3.05, 3.63) is 41.5 Å². The van der Waals surface area contributed by atoms with Crippen molar-refractivity contribution < 1.29 is 14.2 Å². The summed E-state index contributed by atoms with van der Waals surface area (Å²) in [6, 6.07) is 10.6. The van der Waals surface area contributed by atoms with Crippen molar-refractivity contribution in [3.63, 3.8) is 0 Å². The average molecular weight is 327 g/mol. The van der Waals surface area contributed by atoms with Gasteiger partial charge in [0.25, 0.3) is 0 Å². The van der Waals surface area contributed by atoms with Crippen LogP contribution >= 0.6 is 0 Å². The number of rotatable bonds is 3. The maximum absolute atomic E-state index is 5.78. The number of hydrogen-bond donors (Lipinski definition) is 0. The van der Waals surface area contributed by atoms with Crippen LogP contribution in [0, 0.1) is 0 Å². The van der Waals surface area contributed by atoms with E-state index >= 15 is 0 Å².